The highest BCUT2D eigenvalue weighted by Gasteiger charge is 2.22. The summed E-state index contributed by atoms with van der Waals surface area (Å²) in [5, 5.41) is 1.91. The first-order valence-corrected chi connectivity index (χ1v) is 10.2. The van der Waals surface area contributed by atoms with Crippen molar-refractivity contribution < 1.29 is 23.4 Å². The molecule has 154 valence electrons. The summed E-state index contributed by atoms with van der Waals surface area (Å²) in [5.41, 5.74) is 0.293. The van der Waals surface area contributed by atoms with Crippen LogP contribution in [0.5, 0.6) is 11.5 Å². The molecular weight excluding hydrogens is 451 g/mol. The molecule has 0 radical (unpaired) electrons. The minimum Gasteiger partial charge on any atom is -0.497 e. The van der Waals surface area contributed by atoms with Crippen molar-refractivity contribution in [1.82, 2.24) is 0 Å². The Morgan fingerprint density at radius 2 is 1.80 bits per heavy atom. The number of thiophene rings is 1. The number of carbonyl (C=O) groups excluding carboxylic acids is 1. The van der Waals surface area contributed by atoms with Crippen LogP contribution in [0.2, 0.25) is 10.0 Å². The Morgan fingerprint density at radius 1 is 1.03 bits per heavy atom. The van der Waals surface area contributed by atoms with Crippen LogP contribution >= 0.6 is 34.5 Å². The van der Waals surface area contributed by atoms with Crippen LogP contribution in [0.4, 0.5) is 0 Å². The Kier molecular flexibility index (Phi) is 5.60. The highest BCUT2D eigenvalue weighted by Crippen LogP contribution is 2.43. The number of methoxy groups -OCH3 is 2. The van der Waals surface area contributed by atoms with Gasteiger partial charge in [-0.3, -0.25) is 0 Å². The number of esters is 1. The molecule has 0 saturated heterocycles. The molecule has 4 aromatic rings. The zero-order valence-corrected chi connectivity index (χ0v) is 18.1. The maximum absolute atomic E-state index is 12.7. The Labute approximate surface area is 184 Å². The third-order valence-corrected chi connectivity index (χ3v) is 6.70. The van der Waals surface area contributed by atoms with Crippen molar-refractivity contribution in [3.8, 4) is 11.5 Å². The van der Waals surface area contributed by atoms with Gasteiger partial charge in [-0.1, -0.05) is 23.2 Å². The second-order valence-corrected chi connectivity index (χ2v) is 8.01. The van der Waals surface area contributed by atoms with Crippen molar-refractivity contribution in [2.24, 2.45) is 0 Å². The van der Waals surface area contributed by atoms with E-state index in [1.807, 2.05) is 0 Å². The average Bonchev–Trinajstić information content (AvgIpc) is 3.09. The van der Waals surface area contributed by atoms with Crippen molar-refractivity contribution >= 4 is 61.6 Å². The van der Waals surface area contributed by atoms with Crippen LogP contribution < -0.4 is 15.1 Å². The molecule has 0 saturated carbocycles. The lowest BCUT2D eigenvalue weighted by atomic mass is 10.1. The van der Waals surface area contributed by atoms with E-state index in [0.29, 0.717) is 43.1 Å². The van der Waals surface area contributed by atoms with Crippen molar-refractivity contribution in [3.05, 3.63) is 67.3 Å². The highest BCUT2D eigenvalue weighted by molar-refractivity contribution is 7.22. The van der Waals surface area contributed by atoms with Gasteiger partial charge in [-0.2, -0.15) is 0 Å². The van der Waals surface area contributed by atoms with E-state index in [0.717, 1.165) is 11.3 Å². The first-order valence-electron chi connectivity index (χ1n) is 8.65. The predicted molar refractivity (Wildman–Crippen MR) is 117 cm³/mol. The van der Waals surface area contributed by atoms with Gasteiger partial charge in [0.05, 0.1) is 23.9 Å². The molecule has 0 aliphatic carbocycles. The number of carbonyl (C=O) groups is 1. The maximum Gasteiger partial charge on any atom is 0.350 e. The molecule has 0 amide bonds. The summed E-state index contributed by atoms with van der Waals surface area (Å²) < 4.78 is 21.6. The highest BCUT2D eigenvalue weighted by atomic mass is 35.5. The number of hydrogen-bond acceptors (Lipinski definition) is 7. The molecule has 0 N–H and O–H groups in total. The summed E-state index contributed by atoms with van der Waals surface area (Å²) in [6, 6.07) is 9.77. The lowest BCUT2D eigenvalue weighted by molar-refractivity contribution is 0.0480. The monoisotopic (exact) mass is 464 g/mol. The molecule has 0 unspecified atom stereocenters. The third-order valence-electron chi connectivity index (χ3n) is 4.50. The van der Waals surface area contributed by atoms with E-state index in [2.05, 4.69) is 0 Å². The van der Waals surface area contributed by atoms with Crippen LogP contribution in [0, 0.1) is 0 Å². The van der Waals surface area contributed by atoms with Crippen LogP contribution in [0.25, 0.3) is 21.1 Å². The van der Waals surface area contributed by atoms with Crippen molar-refractivity contribution in [2.45, 2.75) is 6.61 Å². The fourth-order valence-electron chi connectivity index (χ4n) is 3.03. The molecule has 0 aliphatic rings. The molecular formula is C21H14Cl2O6S. The van der Waals surface area contributed by atoms with E-state index in [1.54, 1.807) is 30.3 Å². The standard InChI is InChI=1S/C21H14Cl2O6S/c1-26-11-3-4-12-10(7-16(24)29-15(12)8-11)9-28-21(25)20-17(22)13-5-6-14(27-2)18(23)19(13)30-20/h3-8H,9H2,1-2H3. The second-order valence-electron chi connectivity index (χ2n) is 6.23. The summed E-state index contributed by atoms with van der Waals surface area (Å²) >= 11 is 13.8. The zero-order valence-electron chi connectivity index (χ0n) is 15.8. The van der Waals surface area contributed by atoms with Crippen LogP contribution in [0.15, 0.2) is 45.6 Å². The zero-order chi connectivity index (χ0) is 21.4. The molecule has 2 aromatic carbocycles. The minimum absolute atomic E-state index is 0.130. The molecule has 0 bridgehead atoms. The molecule has 30 heavy (non-hydrogen) atoms. The summed E-state index contributed by atoms with van der Waals surface area (Å²) in [6.07, 6.45) is 0. The summed E-state index contributed by atoms with van der Waals surface area (Å²) in [4.78, 5) is 24.8. The summed E-state index contributed by atoms with van der Waals surface area (Å²) in [7, 11) is 3.02. The van der Waals surface area contributed by atoms with Crippen molar-refractivity contribution in [1.29, 1.82) is 0 Å². The van der Waals surface area contributed by atoms with Gasteiger partial charge in [0.15, 0.2) is 0 Å². The Hall–Kier alpha value is -2.74. The van der Waals surface area contributed by atoms with Gasteiger partial charge in [-0.15, -0.1) is 11.3 Å². The molecule has 2 aromatic heterocycles. The fraction of sp³-hybridized carbons (Fsp3) is 0.143. The summed E-state index contributed by atoms with van der Waals surface area (Å²) in [6.45, 7) is -0.130. The first kappa shape index (κ1) is 20.5. The smallest absolute Gasteiger partial charge is 0.350 e. The maximum atomic E-state index is 12.7. The molecule has 4 rings (SSSR count). The quantitative estimate of drug-likeness (QED) is 0.279. The SMILES string of the molecule is COc1ccc2c(COC(=O)c3sc4c(Cl)c(OC)ccc4c3Cl)cc(=O)oc2c1. The van der Waals surface area contributed by atoms with E-state index in [4.69, 9.17) is 41.8 Å². The fourth-order valence-corrected chi connectivity index (χ4v) is 4.81. The number of benzene rings is 2. The van der Waals surface area contributed by atoms with Gasteiger partial charge in [0.25, 0.3) is 0 Å². The van der Waals surface area contributed by atoms with Crippen molar-refractivity contribution in [3.63, 3.8) is 0 Å². The molecule has 0 aliphatic heterocycles. The third kappa shape index (κ3) is 3.60. The lowest BCUT2D eigenvalue weighted by Gasteiger charge is -2.08. The first-order chi connectivity index (χ1) is 14.4. The van der Waals surface area contributed by atoms with Gasteiger partial charge < -0.3 is 18.6 Å². The largest absolute Gasteiger partial charge is 0.497 e. The van der Waals surface area contributed by atoms with Gasteiger partial charge in [0, 0.05) is 28.5 Å². The van der Waals surface area contributed by atoms with Crippen LogP contribution in [0.1, 0.15) is 15.2 Å². The van der Waals surface area contributed by atoms with E-state index >= 15 is 0 Å². The lowest BCUT2D eigenvalue weighted by Crippen LogP contribution is -2.07. The van der Waals surface area contributed by atoms with E-state index in [-0.39, 0.29) is 16.5 Å². The van der Waals surface area contributed by atoms with E-state index in [1.165, 1.54) is 20.3 Å². The van der Waals surface area contributed by atoms with Crippen LogP contribution in [0.3, 0.4) is 0 Å². The number of fused-ring (bicyclic) bond motifs is 2. The van der Waals surface area contributed by atoms with Gasteiger partial charge in [-0.25, -0.2) is 9.59 Å². The van der Waals surface area contributed by atoms with Gasteiger partial charge in [0.2, 0.25) is 0 Å². The molecule has 0 atom stereocenters. The number of ether oxygens (including phenoxy) is 3. The Balaban J connectivity index is 1.65. The summed E-state index contributed by atoms with van der Waals surface area (Å²) in [5.74, 6) is 0.412. The average molecular weight is 465 g/mol. The number of rotatable bonds is 5. The topological polar surface area (TPSA) is 75.0 Å². The molecule has 9 heteroatoms. The van der Waals surface area contributed by atoms with Crippen LogP contribution in [-0.2, 0) is 11.3 Å². The predicted octanol–water partition coefficient (Wildman–Crippen LogP) is 5.69. The molecule has 2 heterocycles. The normalized spacial score (nSPS) is 11.1. The minimum atomic E-state index is -0.619. The van der Waals surface area contributed by atoms with Crippen molar-refractivity contribution in [2.75, 3.05) is 14.2 Å². The van der Waals surface area contributed by atoms with E-state index in [9.17, 15) is 9.59 Å². The molecule has 6 nitrogen and oxygen atoms in total. The number of hydrogen-bond donors (Lipinski definition) is 0. The van der Waals surface area contributed by atoms with Gasteiger partial charge in [-0.05, 0) is 24.3 Å². The van der Waals surface area contributed by atoms with Gasteiger partial charge in [0.1, 0.15) is 33.6 Å². The van der Waals surface area contributed by atoms with E-state index < -0.39 is 11.6 Å². The molecule has 0 fully saturated rings. The molecule has 0 spiro atoms. The number of halogens is 2. The Bertz CT molecular complexity index is 1340. The van der Waals surface area contributed by atoms with Gasteiger partial charge >= 0.3 is 11.6 Å². The second kappa shape index (κ2) is 8.18. The van der Waals surface area contributed by atoms with Crippen LogP contribution in [-0.4, -0.2) is 20.2 Å². The Morgan fingerprint density at radius 3 is 2.53 bits per heavy atom.